The predicted octanol–water partition coefficient (Wildman–Crippen LogP) is 13.5. The van der Waals surface area contributed by atoms with Gasteiger partial charge in [-0.15, -0.1) is 0 Å². The van der Waals surface area contributed by atoms with Crippen LogP contribution in [0.15, 0.2) is 0 Å². The van der Waals surface area contributed by atoms with Gasteiger partial charge in [0.1, 0.15) is 13.2 Å². The van der Waals surface area contributed by atoms with Crippen LogP contribution in [0.4, 0.5) is 0 Å². The van der Waals surface area contributed by atoms with Crippen LogP contribution in [0.1, 0.15) is 251 Å². The van der Waals surface area contributed by atoms with Crippen LogP contribution in [0.5, 0.6) is 0 Å². The van der Waals surface area contributed by atoms with E-state index in [9.17, 15) is 19.4 Å². The summed E-state index contributed by atoms with van der Waals surface area (Å²) in [6.07, 6.45) is 46.2. The number of nitrogens with zero attached hydrogens (tertiary/aromatic N) is 1. The second kappa shape index (κ2) is 40.9. The molecule has 0 spiro atoms. The molecule has 3 atom stereocenters. The van der Waals surface area contributed by atoms with Gasteiger partial charge in [-0.3, -0.25) is 9.36 Å². The predicted molar refractivity (Wildman–Crippen MR) is 243 cm³/mol. The summed E-state index contributed by atoms with van der Waals surface area (Å²) in [4.78, 5) is 25.1. The molecular weight excluding hydrogens is 732 g/mol. The number of likely N-dealkylation sites (N-methyl/N-ethyl adjacent to an activating group) is 1. The Kier molecular flexibility index (Phi) is 40.5. The number of carbonyl (C=O) groups is 1. The summed E-state index contributed by atoms with van der Waals surface area (Å²) >= 11 is 0. The fourth-order valence-electron chi connectivity index (χ4n) is 7.63. The molecule has 9 heteroatoms. The Balaban J connectivity index is 3.78. The molecule has 0 saturated carbocycles. The molecule has 0 aromatic heterocycles. The number of aliphatic hydroxyl groups is 1. The molecule has 0 saturated heterocycles. The van der Waals surface area contributed by atoms with Crippen molar-refractivity contribution in [1.82, 2.24) is 5.32 Å². The Morgan fingerprint density at radius 3 is 1.19 bits per heavy atom. The van der Waals surface area contributed by atoms with Crippen LogP contribution in [-0.2, 0) is 18.4 Å². The topological polar surface area (TPSA) is 108 Å². The summed E-state index contributed by atoms with van der Waals surface area (Å²) in [7, 11) is 1.31. The van der Waals surface area contributed by atoms with Gasteiger partial charge in [0.2, 0.25) is 5.91 Å². The Labute approximate surface area is 355 Å². The lowest BCUT2D eigenvalue weighted by Gasteiger charge is -2.30. The molecule has 0 aliphatic heterocycles. The maximum Gasteiger partial charge on any atom is 0.268 e. The molecule has 2 N–H and O–H groups in total. The molecule has 0 aliphatic rings. The first-order valence-corrected chi connectivity index (χ1v) is 26.3. The third-order valence-corrected chi connectivity index (χ3v) is 12.6. The molecule has 0 radical (unpaired) electrons. The van der Waals surface area contributed by atoms with E-state index in [0.29, 0.717) is 23.9 Å². The van der Waals surface area contributed by atoms with Crippen molar-refractivity contribution in [2.24, 2.45) is 0 Å². The van der Waals surface area contributed by atoms with Crippen molar-refractivity contribution in [1.29, 1.82) is 0 Å². The van der Waals surface area contributed by atoms with Gasteiger partial charge >= 0.3 is 0 Å². The van der Waals surface area contributed by atoms with Crippen LogP contribution in [0.25, 0.3) is 0 Å². The standard InChI is InChI=1S/C48H99N2O6P/c1-6-8-10-12-13-14-15-16-17-18-19-20-21-22-23-24-25-26-27-28-29-30-31-32-33-34-35-36-38-40-42-48(52)49-46(47(51)41-39-37-11-9-7-2)45-56-57(53,54)55-44-43-50(3,4)5/h46-47,51H,6-45H2,1-5H3,(H-,49,52,53,54). The molecule has 57 heavy (non-hydrogen) atoms. The number of unbranched alkanes of at least 4 members (excludes halogenated alkanes) is 33. The van der Waals surface area contributed by atoms with Gasteiger partial charge in [-0.1, -0.05) is 232 Å². The SMILES string of the molecule is CCCCCCCCCCCCCCCCCCCCCCCCCCCCCCCCC(=O)NC(COP(=O)([O-])OCC[N+](C)(C)C)C(O)CCCCCCC. The van der Waals surface area contributed by atoms with Gasteiger partial charge in [-0.25, -0.2) is 0 Å². The highest BCUT2D eigenvalue weighted by Gasteiger charge is 2.24. The van der Waals surface area contributed by atoms with Gasteiger partial charge in [-0.05, 0) is 12.8 Å². The van der Waals surface area contributed by atoms with Gasteiger partial charge in [-0.2, -0.15) is 0 Å². The number of rotatable bonds is 46. The van der Waals surface area contributed by atoms with Gasteiger partial charge in [0.25, 0.3) is 7.82 Å². The summed E-state index contributed by atoms with van der Waals surface area (Å²) in [6, 6.07) is -0.790. The van der Waals surface area contributed by atoms with Crippen LogP contribution < -0.4 is 10.2 Å². The zero-order valence-corrected chi connectivity index (χ0v) is 39.7. The Morgan fingerprint density at radius 2 is 0.860 bits per heavy atom. The lowest BCUT2D eigenvalue weighted by atomic mass is 10.0. The number of hydrogen-bond acceptors (Lipinski definition) is 6. The number of hydrogen-bond donors (Lipinski definition) is 2. The van der Waals surface area contributed by atoms with E-state index < -0.39 is 20.0 Å². The highest BCUT2D eigenvalue weighted by atomic mass is 31.2. The Hall–Kier alpha value is -0.500. The van der Waals surface area contributed by atoms with E-state index in [1.165, 1.54) is 173 Å². The highest BCUT2D eigenvalue weighted by Crippen LogP contribution is 2.38. The molecule has 342 valence electrons. The average molecular weight is 831 g/mol. The molecule has 0 fully saturated rings. The third-order valence-electron chi connectivity index (χ3n) is 11.6. The third kappa shape index (κ3) is 43.4. The zero-order chi connectivity index (χ0) is 42.1. The first kappa shape index (κ1) is 56.5. The monoisotopic (exact) mass is 831 g/mol. The number of quaternary nitrogens is 1. The fourth-order valence-corrected chi connectivity index (χ4v) is 8.35. The van der Waals surface area contributed by atoms with Crippen LogP contribution in [-0.4, -0.2) is 68.5 Å². The second-order valence-corrected chi connectivity index (χ2v) is 19.9. The van der Waals surface area contributed by atoms with Crippen molar-refractivity contribution < 1.29 is 32.9 Å². The normalized spacial score (nSPS) is 14.2. The molecular formula is C48H99N2O6P. The molecule has 1 amide bonds. The average Bonchev–Trinajstić information content (AvgIpc) is 3.16. The van der Waals surface area contributed by atoms with Gasteiger partial charge in [0.15, 0.2) is 0 Å². The van der Waals surface area contributed by atoms with E-state index in [1.54, 1.807) is 0 Å². The summed E-state index contributed by atoms with van der Waals surface area (Å²) in [5, 5.41) is 13.7. The minimum Gasteiger partial charge on any atom is -0.756 e. The minimum absolute atomic E-state index is 0.0149. The molecule has 3 unspecified atom stereocenters. The second-order valence-electron chi connectivity index (χ2n) is 18.5. The largest absolute Gasteiger partial charge is 0.756 e. The highest BCUT2D eigenvalue weighted by molar-refractivity contribution is 7.45. The summed E-state index contributed by atoms with van der Waals surface area (Å²) < 4.78 is 23.1. The van der Waals surface area contributed by atoms with E-state index >= 15 is 0 Å². The number of amides is 1. The van der Waals surface area contributed by atoms with Crippen molar-refractivity contribution in [3.63, 3.8) is 0 Å². The molecule has 0 bridgehead atoms. The number of phosphoric ester groups is 1. The van der Waals surface area contributed by atoms with Crippen molar-refractivity contribution in [3.8, 4) is 0 Å². The van der Waals surface area contributed by atoms with Crippen LogP contribution in [0.3, 0.4) is 0 Å². The maximum absolute atomic E-state index is 12.8. The van der Waals surface area contributed by atoms with E-state index in [0.717, 1.165) is 51.4 Å². The van der Waals surface area contributed by atoms with E-state index in [4.69, 9.17) is 9.05 Å². The van der Waals surface area contributed by atoms with Gasteiger partial charge in [0.05, 0.1) is 39.9 Å². The first-order valence-electron chi connectivity index (χ1n) is 24.9. The smallest absolute Gasteiger partial charge is 0.268 e. The maximum atomic E-state index is 12.8. The number of phosphoric acid groups is 1. The molecule has 0 heterocycles. The van der Waals surface area contributed by atoms with Gasteiger partial charge in [0, 0.05) is 6.42 Å². The van der Waals surface area contributed by atoms with Gasteiger partial charge < -0.3 is 28.8 Å². The molecule has 0 aromatic carbocycles. The molecule has 8 nitrogen and oxygen atoms in total. The molecule has 0 rings (SSSR count). The number of nitrogens with one attached hydrogen (secondary N) is 1. The van der Waals surface area contributed by atoms with Crippen molar-refractivity contribution >= 4 is 13.7 Å². The quantitative estimate of drug-likeness (QED) is 0.0359. The van der Waals surface area contributed by atoms with Crippen molar-refractivity contribution in [3.05, 3.63) is 0 Å². The lowest BCUT2D eigenvalue weighted by molar-refractivity contribution is -0.870. The number of aliphatic hydroxyl groups excluding tert-OH is 1. The Morgan fingerprint density at radius 1 is 0.544 bits per heavy atom. The minimum atomic E-state index is -4.54. The van der Waals surface area contributed by atoms with Crippen molar-refractivity contribution in [2.75, 3.05) is 40.9 Å². The van der Waals surface area contributed by atoms with Crippen LogP contribution in [0.2, 0.25) is 0 Å². The number of carbonyl (C=O) groups excluding carboxylic acids is 1. The fraction of sp³-hybridized carbons (Fsp3) is 0.979. The summed E-state index contributed by atoms with van der Waals surface area (Å²) in [5.74, 6) is -0.166. The van der Waals surface area contributed by atoms with Crippen molar-refractivity contribution in [2.45, 2.75) is 264 Å². The molecule has 0 aliphatic carbocycles. The van der Waals surface area contributed by atoms with E-state index in [-0.39, 0.29) is 19.1 Å². The Bertz CT molecular complexity index is 901. The summed E-state index contributed by atoms with van der Waals surface area (Å²) in [6.45, 7) is 4.65. The summed E-state index contributed by atoms with van der Waals surface area (Å²) in [5.41, 5.74) is 0. The molecule has 0 aromatic rings. The first-order chi connectivity index (χ1) is 27.5. The lowest BCUT2D eigenvalue weighted by Crippen LogP contribution is -2.46. The zero-order valence-electron chi connectivity index (χ0n) is 38.8. The van der Waals surface area contributed by atoms with Crippen LogP contribution >= 0.6 is 7.82 Å². The van der Waals surface area contributed by atoms with Crippen LogP contribution in [0, 0.1) is 0 Å². The van der Waals surface area contributed by atoms with E-state index in [2.05, 4.69) is 19.2 Å². The van der Waals surface area contributed by atoms with E-state index in [1.807, 2.05) is 21.1 Å².